The number of aromatic amines is 1. The van der Waals surface area contributed by atoms with Gasteiger partial charge in [-0.3, -0.25) is 0 Å². The molecule has 3 unspecified atom stereocenters. The van der Waals surface area contributed by atoms with Gasteiger partial charge in [-0.05, 0) is 42.1 Å². The molecule has 2 aromatic rings. The Balaban J connectivity index is 1.58. The molecule has 0 aliphatic carbocycles. The Morgan fingerprint density at radius 1 is 1.24 bits per heavy atom. The van der Waals surface area contributed by atoms with Crippen molar-refractivity contribution in [1.82, 2.24) is 9.88 Å². The van der Waals surface area contributed by atoms with Crippen molar-refractivity contribution in [1.29, 1.82) is 0 Å². The molecule has 0 spiro atoms. The maximum atomic E-state index is 8.80. The molecule has 1 fully saturated rings. The fourth-order valence-electron chi connectivity index (χ4n) is 3.19. The largest absolute Gasteiger partial charge is 0.491 e. The molecule has 0 amide bonds. The first-order valence-corrected chi connectivity index (χ1v) is 7.31. The number of nitrogens with one attached hydrogen (secondary N) is 1. The second-order valence-corrected chi connectivity index (χ2v) is 5.51. The van der Waals surface area contributed by atoms with Gasteiger partial charge in [0.05, 0.1) is 18.7 Å². The van der Waals surface area contributed by atoms with E-state index in [9.17, 15) is 0 Å². The van der Waals surface area contributed by atoms with Crippen molar-refractivity contribution in [3.63, 3.8) is 0 Å². The van der Waals surface area contributed by atoms with Gasteiger partial charge in [0.2, 0.25) is 0 Å². The number of aliphatic hydroxyl groups excluding tert-OH is 1. The highest BCUT2D eigenvalue weighted by atomic mass is 16.5. The van der Waals surface area contributed by atoms with Gasteiger partial charge in [-0.1, -0.05) is 12.1 Å². The molecule has 21 heavy (non-hydrogen) atoms. The van der Waals surface area contributed by atoms with Crippen LogP contribution in [0, 0.1) is 0 Å². The number of benzene rings is 1. The van der Waals surface area contributed by atoms with Crippen molar-refractivity contribution >= 4 is 0 Å². The lowest BCUT2D eigenvalue weighted by Crippen LogP contribution is -2.11. The molecule has 1 aromatic heterocycles. The van der Waals surface area contributed by atoms with Crippen LogP contribution in [0.25, 0.3) is 0 Å². The number of rotatable bonds is 6. The Kier molecular flexibility index (Phi) is 2.97. The highest BCUT2D eigenvalue weighted by Crippen LogP contribution is 2.48. The van der Waals surface area contributed by atoms with Gasteiger partial charge in [0.25, 0.3) is 0 Å². The first-order valence-electron chi connectivity index (χ1n) is 7.31. The summed E-state index contributed by atoms with van der Waals surface area (Å²) in [6, 6.07) is 13.5. The Labute approximate surface area is 123 Å². The zero-order valence-corrected chi connectivity index (χ0v) is 11.6. The van der Waals surface area contributed by atoms with Crippen LogP contribution in [0.1, 0.15) is 17.2 Å². The number of H-pyrrole nitrogens is 1. The Bertz CT molecular complexity index is 621. The van der Waals surface area contributed by atoms with Gasteiger partial charge in [-0.25, -0.2) is 0 Å². The second kappa shape index (κ2) is 4.97. The summed E-state index contributed by atoms with van der Waals surface area (Å²) in [4.78, 5) is 5.75. The third-order valence-corrected chi connectivity index (χ3v) is 4.30. The van der Waals surface area contributed by atoms with E-state index in [1.165, 1.54) is 11.3 Å². The molecule has 1 saturated heterocycles. The maximum absolute atomic E-state index is 8.80. The summed E-state index contributed by atoms with van der Waals surface area (Å²) in [5.74, 6) is 1.15. The van der Waals surface area contributed by atoms with Crippen molar-refractivity contribution in [2.45, 2.75) is 18.0 Å². The van der Waals surface area contributed by atoms with Gasteiger partial charge in [-0.2, -0.15) is 0 Å². The normalized spacial score (nSPS) is 23.4. The fraction of sp³-hybridized carbons (Fsp3) is 0.294. The van der Waals surface area contributed by atoms with Crippen LogP contribution >= 0.6 is 0 Å². The molecule has 4 rings (SSSR count). The van der Waals surface area contributed by atoms with E-state index in [0.717, 1.165) is 5.75 Å². The number of hydrogen-bond donors (Lipinski definition) is 2. The highest BCUT2D eigenvalue weighted by Gasteiger charge is 2.54. The smallest absolute Gasteiger partial charge is 0.119 e. The van der Waals surface area contributed by atoms with E-state index in [-0.39, 0.29) is 6.61 Å². The minimum Gasteiger partial charge on any atom is -0.491 e. The quantitative estimate of drug-likeness (QED) is 0.798. The Morgan fingerprint density at radius 3 is 2.62 bits per heavy atom. The fourth-order valence-corrected chi connectivity index (χ4v) is 3.19. The van der Waals surface area contributed by atoms with E-state index in [2.05, 4.69) is 40.4 Å². The molecule has 3 atom stereocenters. The zero-order chi connectivity index (χ0) is 14.2. The van der Waals surface area contributed by atoms with Crippen LogP contribution in [0.2, 0.25) is 0 Å². The van der Waals surface area contributed by atoms with E-state index < -0.39 is 0 Å². The summed E-state index contributed by atoms with van der Waals surface area (Å²) in [5, 5.41) is 8.80. The van der Waals surface area contributed by atoms with Gasteiger partial charge in [0, 0.05) is 17.8 Å². The highest BCUT2D eigenvalue weighted by molar-refractivity contribution is 5.42. The van der Waals surface area contributed by atoms with Crippen LogP contribution in [0.3, 0.4) is 0 Å². The van der Waals surface area contributed by atoms with Crippen molar-refractivity contribution in [2.75, 3.05) is 13.2 Å². The van der Waals surface area contributed by atoms with Gasteiger partial charge >= 0.3 is 0 Å². The summed E-state index contributed by atoms with van der Waals surface area (Å²) >= 11 is 0. The molecule has 2 N–H and O–H groups in total. The molecule has 3 heterocycles. The molecule has 0 radical (unpaired) electrons. The predicted molar refractivity (Wildman–Crippen MR) is 80.2 cm³/mol. The van der Waals surface area contributed by atoms with Crippen LogP contribution < -0.4 is 4.74 Å². The molecule has 4 nitrogen and oxygen atoms in total. The van der Waals surface area contributed by atoms with Crippen LogP contribution in [0.15, 0.2) is 54.9 Å². The molecule has 4 heteroatoms. The summed E-state index contributed by atoms with van der Waals surface area (Å²) in [6.07, 6.45) is 6.41. The van der Waals surface area contributed by atoms with E-state index in [1.54, 1.807) is 0 Å². The van der Waals surface area contributed by atoms with Gasteiger partial charge in [0.15, 0.2) is 0 Å². The van der Waals surface area contributed by atoms with E-state index in [0.29, 0.717) is 24.6 Å². The molecular weight excluding hydrogens is 264 g/mol. The van der Waals surface area contributed by atoms with E-state index in [1.807, 2.05) is 24.4 Å². The minimum absolute atomic E-state index is 0.0389. The van der Waals surface area contributed by atoms with Gasteiger partial charge in [0.1, 0.15) is 12.4 Å². The number of hydrogen-bond acceptors (Lipinski definition) is 3. The third kappa shape index (κ3) is 2.12. The summed E-state index contributed by atoms with van der Waals surface area (Å²) in [7, 11) is 0. The SMILES string of the molecule is OCCOc1ccc(C(c2ccc[nH]2)C2C3C=CN32)cc1. The summed E-state index contributed by atoms with van der Waals surface area (Å²) in [6.45, 7) is 0.374. The second-order valence-electron chi connectivity index (χ2n) is 5.51. The molecule has 1 aromatic carbocycles. The van der Waals surface area contributed by atoms with Crippen molar-refractivity contribution in [2.24, 2.45) is 0 Å². The van der Waals surface area contributed by atoms with Crippen LogP contribution in [0.5, 0.6) is 5.75 Å². The van der Waals surface area contributed by atoms with Crippen molar-refractivity contribution < 1.29 is 9.84 Å². The third-order valence-electron chi connectivity index (χ3n) is 4.30. The number of ether oxygens (including phenoxy) is 1. The topological polar surface area (TPSA) is 48.3 Å². The first kappa shape index (κ1) is 12.5. The standard InChI is InChI=1S/C17H18N2O2/c20-10-11-21-13-5-3-12(4-6-13)16(14-2-1-8-18-14)17-15-7-9-19(15)17/h1-9,15-18,20H,10-11H2. The molecule has 2 aliphatic heterocycles. The van der Waals surface area contributed by atoms with E-state index in [4.69, 9.17) is 9.84 Å². The van der Waals surface area contributed by atoms with Crippen LogP contribution in [-0.4, -0.2) is 40.3 Å². The zero-order valence-electron chi connectivity index (χ0n) is 11.6. The predicted octanol–water partition coefficient (Wildman–Crippen LogP) is 2.10. The number of aromatic nitrogens is 1. The first-order chi connectivity index (χ1) is 10.4. The Morgan fingerprint density at radius 2 is 2.05 bits per heavy atom. The molecule has 0 bridgehead atoms. The molecular formula is C17H18N2O2. The van der Waals surface area contributed by atoms with Crippen LogP contribution in [-0.2, 0) is 0 Å². The monoisotopic (exact) mass is 282 g/mol. The number of nitrogens with zero attached hydrogens (tertiary/aromatic N) is 1. The number of fused-ring (bicyclic) bond motifs is 1. The van der Waals surface area contributed by atoms with Crippen molar-refractivity contribution in [3.05, 3.63) is 66.1 Å². The Hall–Kier alpha value is -2.20. The molecule has 108 valence electrons. The van der Waals surface area contributed by atoms with Crippen LogP contribution in [0.4, 0.5) is 0 Å². The maximum Gasteiger partial charge on any atom is 0.119 e. The summed E-state index contributed by atoms with van der Waals surface area (Å²) < 4.78 is 5.43. The lowest BCUT2D eigenvalue weighted by molar-refractivity contribution is 0.201. The average Bonchev–Trinajstić information content (AvgIpc) is 2.85. The van der Waals surface area contributed by atoms with Crippen molar-refractivity contribution in [3.8, 4) is 5.75 Å². The minimum atomic E-state index is 0.0389. The summed E-state index contributed by atoms with van der Waals surface area (Å²) in [5.41, 5.74) is 2.54. The average molecular weight is 282 g/mol. The van der Waals surface area contributed by atoms with Gasteiger partial charge < -0.3 is 19.7 Å². The lowest BCUT2D eigenvalue weighted by Gasteiger charge is -2.16. The lowest BCUT2D eigenvalue weighted by atomic mass is 9.91. The molecule has 0 saturated carbocycles. The molecule has 2 aliphatic rings. The number of aliphatic hydroxyl groups is 1. The van der Waals surface area contributed by atoms with E-state index >= 15 is 0 Å². The van der Waals surface area contributed by atoms with Gasteiger partial charge in [-0.15, -0.1) is 0 Å².